The molecule has 0 aromatic heterocycles. The number of nitrogens with two attached hydrogens (primary N) is 1. The molecule has 0 saturated carbocycles. The molecular formula is C18H24N2O3. The summed E-state index contributed by atoms with van der Waals surface area (Å²) in [6, 6.07) is 7.55. The summed E-state index contributed by atoms with van der Waals surface area (Å²) in [5, 5.41) is 0. The quantitative estimate of drug-likeness (QED) is 0.819. The van der Waals surface area contributed by atoms with Gasteiger partial charge in [0.15, 0.2) is 6.61 Å². The molecule has 5 nitrogen and oxygen atoms in total. The second-order valence-electron chi connectivity index (χ2n) is 5.75. The minimum Gasteiger partial charge on any atom is -0.484 e. The number of nitrogens with zero attached hydrogens (tertiary/aromatic N) is 1. The first kappa shape index (κ1) is 17.1. The second kappa shape index (κ2) is 8.36. The molecule has 1 saturated heterocycles. The summed E-state index contributed by atoms with van der Waals surface area (Å²) in [5.41, 5.74) is 5.94. The maximum absolute atomic E-state index is 12.3. The van der Waals surface area contributed by atoms with Crippen molar-refractivity contribution < 1.29 is 14.3 Å². The van der Waals surface area contributed by atoms with E-state index in [1.165, 1.54) is 6.42 Å². The summed E-state index contributed by atoms with van der Waals surface area (Å²) in [6.07, 6.45) is 7.84. The molecule has 1 heterocycles. The molecule has 0 unspecified atom stereocenters. The number of carbonyl (C=O) groups is 2. The summed E-state index contributed by atoms with van der Waals surface area (Å²) in [4.78, 5) is 25.0. The summed E-state index contributed by atoms with van der Waals surface area (Å²) in [5.74, 6) is 0.145. The van der Waals surface area contributed by atoms with Crippen LogP contribution in [-0.2, 0) is 9.59 Å². The van der Waals surface area contributed by atoms with Gasteiger partial charge in [0.2, 0.25) is 5.91 Å². The van der Waals surface area contributed by atoms with Crippen molar-refractivity contribution in [3.05, 3.63) is 35.9 Å². The molecule has 1 atom stereocenters. The van der Waals surface area contributed by atoms with Gasteiger partial charge in [-0.15, -0.1) is 0 Å². The average molecular weight is 316 g/mol. The molecule has 1 aliphatic rings. The number of hydrogen-bond donors (Lipinski definition) is 1. The van der Waals surface area contributed by atoms with Crippen LogP contribution in [0.15, 0.2) is 30.3 Å². The van der Waals surface area contributed by atoms with Crippen LogP contribution in [0.2, 0.25) is 0 Å². The number of carbonyl (C=O) groups excluding carboxylic acids is 2. The van der Waals surface area contributed by atoms with E-state index in [1.807, 2.05) is 23.1 Å². The molecule has 1 aromatic carbocycles. The van der Waals surface area contributed by atoms with Crippen molar-refractivity contribution in [1.82, 2.24) is 4.90 Å². The Bertz CT molecular complexity index is 566. The van der Waals surface area contributed by atoms with E-state index in [9.17, 15) is 9.59 Å². The molecule has 2 amide bonds. The minimum absolute atomic E-state index is 0.0746. The van der Waals surface area contributed by atoms with Gasteiger partial charge >= 0.3 is 0 Å². The van der Waals surface area contributed by atoms with Crippen molar-refractivity contribution in [2.45, 2.75) is 38.6 Å². The third-order valence-electron chi connectivity index (χ3n) is 4.06. The highest BCUT2D eigenvalue weighted by atomic mass is 16.5. The van der Waals surface area contributed by atoms with Crippen LogP contribution in [-0.4, -0.2) is 35.9 Å². The van der Waals surface area contributed by atoms with Gasteiger partial charge in [0.1, 0.15) is 5.75 Å². The number of piperidine rings is 1. The first-order valence-electron chi connectivity index (χ1n) is 8.10. The van der Waals surface area contributed by atoms with E-state index in [2.05, 4.69) is 6.92 Å². The van der Waals surface area contributed by atoms with Crippen LogP contribution in [0.25, 0.3) is 6.08 Å². The Hall–Kier alpha value is -2.30. The number of rotatable bonds is 6. The number of hydrogen-bond acceptors (Lipinski definition) is 3. The lowest BCUT2D eigenvalue weighted by Crippen LogP contribution is -2.42. The molecule has 2 N–H and O–H groups in total. The van der Waals surface area contributed by atoms with Crippen molar-refractivity contribution in [2.24, 2.45) is 5.73 Å². The molecular weight excluding hydrogens is 292 g/mol. The summed E-state index contributed by atoms with van der Waals surface area (Å²) in [7, 11) is 0. The zero-order chi connectivity index (χ0) is 16.7. The van der Waals surface area contributed by atoms with Crippen molar-refractivity contribution in [1.29, 1.82) is 0 Å². The molecule has 1 aromatic rings. The van der Waals surface area contributed by atoms with Gasteiger partial charge in [0, 0.05) is 18.7 Å². The predicted octanol–water partition coefficient (Wildman–Crippen LogP) is 2.36. The summed E-state index contributed by atoms with van der Waals surface area (Å²) in [6.45, 7) is 2.84. The normalized spacial score (nSPS) is 18.1. The zero-order valence-electron chi connectivity index (χ0n) is 13.5. The fourth-order valence-corrected chi connectivity index (χ4v) is 2.81. The molecule has 1 aliphatic heterocycles. The molecule has 2 rings (SSSR count). The van der Waals surface area contributed by atoms with Gasteiger partial charge in [0.05, 0.1) is 0 Å². The number of likely N-dealkylation sites (tertiary alicyclic amines) is 1. The Morgan fingerprint density at radius 1 is 1.30 bits per heavy atom. The van der Waals surface area contributed by atoms with Gasteiger partial charge in [-0.2, -0.15) is 0 Å². The molecule has 0 bridgehead atoms. The third-order valence-corrected chi connectivity index (χ3v) is 4.06. The lowest BCUT2D eigenvalue weighted by molar-refractivity contribution is -0.129. The highest BCUT2D eigenvalue weighted by Gasteiger charge is 2.23. The maximum atomic E-state index is 12.3. The largest absolute Gasteiger partial charge is 0.484 e. The monoisotopic (exact) mass is 316 g/mol. The number of ether oxygens (including phenoxy) is 1. The standard InChI is InChI=1S/C18H24N2O3/c1-2-15-5-3-4-12-20(15)18(22)11-8-14-6-9-16(10-7-14)23-13-17(19)21/h6-11,15H,2-5,12-13H2,1H3,(H2,19,21)/b11-8+/t15-/m1/s1. The van der Waals surface area contributed by atoms with Crippen molar-refractivity contribution in [3.8, 4) is 5.75 Å². The molecule has 0 radical (unpaired) electrons. The van der Waals surface area contributed by atoms with Crippen LogP contribution in [0.1, 0.15) is 38.2 Å². The SMILES string of the molecule is CC[C@@H]1CCCCN1C(=O)/C=C/c1ccc(OCC(N)=O)cc1. The van der Waals surface area contributed by atoms with Gasteiger partial charge < -0.3 is 15.4 Å². The molecule has 0 spiro atoms. The summed E-state index contributed by atoms with van der Waals surface area (Å²) >= 11 is 0. The molecule has 5 heteroatoms. The zero-order valence-corrected chi connectivity index (χ0v) is 13.5. The fraction of sp³-hybridized carbons (Fsp3) is 0.444. The van der Waals surface area contributed by atoms with E-state index >= 15 is 0 Å². The van der Waals surface area contributed by atoms with Gasteiger partial charge in [0.25, 0.3) is 5.91 Å². The van der Waals surface area contributed by atoms with E-state index in [0.29, 0.717) is 11.8 Å². The third kappa shape index (κ3) is 5.13. The van der Waals surface area contributed by atoms with E-state index in [-0.39, 0.29) is 12.5 Å². The van der Waals surface area contributed by atoms with Crippen molar-refractivity contribution in [3.63, 3.8) is 0 Å². The van der Waals surface area contributed by atoms with Gasteiger partial charge in [-0.3, -0.25) is 9.59 Å². The number of amides is 2. The van der Waals surface area contributed by atoms with Crippen LogP contribution in [0, 0.1) is 0 Å². The highest BCUT2D eigenvalue weighted by molar-refractivity contribution is 5.92. The Morgan fingerprint density at radius 3 is 2.70 bits per heavy atom. The topological polar surface area (TPSA) is 72.6 Å². The lowest BCUT2D eigenvalue weighted by Gasteiger charge is -2.34. The maximum Gasteiger partial charge on any atom is 0.255 e. The van der Waals surface area contributed by atoms with Gasteiger partial charge in [-0.1, -0.05) is 19.1 Å². The van der Waals surface area contributed by atoms with Crippen LogP contribution in [0.4, 0.5) is 0 Å². The van der Waals surface area contributed by atoms with E-state index in [0.717, 1.165) is 31.4 Å². The van der Waals surface area contributed by atoms with Gasteiger partial charge in [-0.25, -0.2) is 0 Å². The van der Waals surface area contributed by atoms with Crippen LogP contribution >= 0.6 is 0 Å². The van der Waals surface area contributed by atoms with E-state index < -0.39 is 5.91 Å². The molecule has 23 heavy (non-hydrogen) atoms. The smallest absolute Gasteiger partial charge is 0.255 e. The Labute approximate surface area is 137 Å². The van der Waals surface area contributed by atoms with E-state index in [4.69, 9.17) is 10.5 Å². The minimum atomic E-state index is -0.508. The first-order chi connectivity index (χ1) is 11.1. The second-order valence-corrected chi connectivity index (χ2v) is 5.75. The Balaban J connectivity index is 1.93. The van der Waals surface area contributed by atoms with Crippen molar-refractivity contribution >= 4 is 17.9 Å². The van der Waals surface area contributed by atoms with E-state index in [1.54, 1.807) is 18.2 Å². The molecule has 124 valence electrons. The van der Waals surface area contributed by atoms with Crippen LogP contribution in [0.3, 0.4) is 0 Å². The predicted molar refractivity (Wildman–Crippen MR) is 89.8 cm³/mol. The van der Waals surface area contributed by atoms with Crippen LogP contribution in [0.5, 0.6) is 5.75 Å². The first-order valence-corrected chi connectivity index (χ1v) is 8.10. The lowest BCUT2D eigenvalue weighted by atomic mass is 10.00. The Kier molecular flexibility index (Phi) is 6.20. The molecule has 0 aliphatic carbocycles. The van der Waals surface area contributed by atoms with Crippen molar-refractivity contribution in [2.75, 3.05) is 13.2 Å². The summed E-state index contributed by atoms with van der Waals surface area (Å²) < 4.78 is 5.20. The Morgan fingerprint density at radius 2 is 2.04 bits per heavy atom. The van der Waals surface area contributed by atoms with Gasteiger partial charge in [-0.05, 0) is 49.5 Å². The number of benzene rings is 1. The average Bonchev–Trinajstić information content (AvgIpc) is 2.58. The highest BCUT2D eigenvalue weighted by Crippen LogP contribution is 2.20. The molecule has 1 fully saturated rings. The van der Waals surface area contributed by atoms with Crippen LogP contribution < -0.4 is 10.5 Å². The number of primary amides is 1. The fourth-order valence-electron chi connectivity index (χ4n) is 2.81.